The Morgan fingerprint density at radius 2 is 2.05 bits per heavy atom. The average Bonchev–Trinajstić information content (AvgIpc) is 3.07. The zero-order chi connectivity index (χ0) is 15.8. The van der Waals surface area contributed by atoms with Crippen LogP contribution in [0, 0.1) is 0 Å². The van der Waals surface area contributed by atoms with Gasteiger partial charge in [0.1, 0.15) is 11.5 Å². The van der Waals surface area contributed by atoms with Crippen LogP contribution in [0.25, 0.3) is 0 Å². The highest BCUT2D eigenvalue weighted by Crippen LogP contribution is 2.17. The van der Waals surface area contributed by atoms with E-state index in [1.807, 2.05) is 29.2 Å². The number of ether oxygens (including phenoxy) is 2. The zero-order valence-corrected chi connectivity index (χ0v) is 13.5. The quantitative estimate of drug-likeness (QED) is 0.799. The average molecular weight is 306 g/mol. The van der Waals surface area contributed by atoms with Gasteiger partial charge in [0.15, 0.2) is 0 Å². The maximum Gasteiger partial charge on any atom is 0.226 e. The number of hydrogen-bond acceptors (Lipinski definition) is 4. The topological polar surface area (TPSA) is 50.8 Å². The van der Waals surface area contributed by atoms with Crippen molar-refractivity contribution in [1.29, 1.82) is 0 Å². The van der Waals surface area contributed by atoms with Gasteiger partial charge in [-0.25, -0.2) is 0 Å². The first-order valence-electron chi connectivity index (χ1n) is 8.01. The highest BCUT2D eigenvalue weighted by Gasteiger charge is 2.25. The number of nitrogens with one attached hydrogen (secondary N) is 1. The van der Waals surface area contributed by atoms with Gasteiger partial charge in [-0.15, -0.1) is 0 Å². The van der Waals surface area contributed by atoms with Crippen molar-refractivity contribution in [2.24, 2.45) is 0 Å². The van der Waals surface area contributed by atoms with Crippen LogP contribution in [-0.4, -0.2) is 50.2 Å². The van der Waals surface area contributed by atoms with Crippen molar-refractivity contribution < 1.29 is 14.3 Å². The number of hydrogen-bond donors (Lipinski definition) is 1. The Labute approximate surface area is 132 Å². The van der Waals surface area contributed by atoms with Gasteiger partial charge in [-0.2, -0.15) is 0 Å². The van der Waals surface area contributed by atoms with Crippen LogP contribution in [0.4, 0.5) is 0 Å². The molecule has 1 amide bonds. The molecule has 1 N–H and O–H groups in total. The van der Waals surface area contributed by atoms with E-state index in [0.717, 1.165) is 44.0 Å². The van der Waals surface area contributed by atoms with Gasteiger partial charge in [0.25, 0.3) is 0 Å². The lowest BCUT2D eigenvalue weighted by Gasteiger charge is -2.28. The fraction of sp³-hybridized carbons (Fsp3) is 0.588. The van der Waals surface area contributed by atoms with Crippen molar-refractivity contribution in [1.82, 2.24) is 10.2 Å². The molecule has 1 aliphatic heterocycles. The molecule has 0 spiro atoms. The molecule has 1 atom stereocenters. The summed E-state index contributed by atoms with van der Waals surface area (Å²) in [5.41, 5.74) is 0. The standard InChI is InChI=1S/C17H26N2O3/c1-3-11-19(14-8-10-18-13-14)17(20)9-12-22-16-6-4-15(21-2)5-7-16/h4-7,14,18H,3,8-13H2,1-2H3. The summed E-state index contributed by atoms with van der Waals surface area (Å²) in [6.07, 6.45) is 2.45. The lowest BCUT2D eigenvalue weighted by atomic mass is 10.2. The summed E-state index contributed by atoms with van der Waals surface area (Å²) in [5.74, 6) is 1.74. The second kappa shape index (κ2) is 8.63. The van der Waals surface area contributed by atoms with Gasteiger partial charge in [0, 0.05) is 19.1 Å². The van der Waals surface area contributed by atoms with E-state index < -0.39 is 0 Å². The largest absolute Gasteiger partial charge is 0.497 e. The van der Waals surface area contributed by atoms with Crippen molar-refractivity contribution in [3.8, 4) is 11.5 Å². The van der Waals surface area contributed by atoms with E-state index in [2.05, 4.69) is 12.2 Å². The zero-order valence-electron chi connectivity index (χ0n) is 13.5. The molecule has 1 heterocycles. The molecule has 0 aromatic heterocycles. The lowest BCUT2D eigenvalue weighted by Crippen LogP contribution is -2.42. The number of nitrogens with zero attached hydrogens (tertiary/aromatic N) is 1. The molecule has 1 unspecified atom stereocenters. The Bertz CT molecular complexity index is 455. The Morgan fingerprint density at radius 3 is 2.64 bits per heavy atom. The minimum absolute atomic E-state index is 0.184. The molecule has 1 saturated heterocycles. The number of rotatable bonds is 8. The maximum atomic E-state index is 12.4. The molecule has 122 valence electrons. The molecular formula is C17H26N2O3. The van der Waals surface area contributed by atoms with Crippen molar-refractivity contribution in [3.05, 3.63) is 24.3 Å². The molecule has 2 rings (SSSR count). The molecule has 0 aliphatic carbocycles. The van der Waals surface area contributed by atoms with E-state index in [1.165, 1.54) is 0 Å². The van der Waals surface area contributed by atoms with Crippen molar-refractivity contribution in [2.75, 3.05) is 33.4 Å². The third kappa shape index (κ3) is 4.63. The van der Waals surface area contributed by atoms with Gasteiger partial charge >= 0.3 is 0 Å². The van der Waals surface area contributed by atoms with E-state index in [0.29, 0.717) is 19.1 Å². The number of amides is 1. The maximum absolute atomic E-state index is 12.4. The smallest absolute Gasteiger partial charge is 0.226 e. The number of benzene rings is 1. The van der Waals surface area contributed by atoms with Crippen molar-refractivity contribution >= 4 is 5.91 Å². The van der Waals surface area contributed by atoms with Gasteiger partial charge in [-0.1, -0.05) is 6.92 Å². The van der Waals surface area contributed by atoms with Crippen LogP contribution in [0.1, 0.15) is 26.2 Å². The first-order chi connectivity index (χ1) is 10.7. The van der Waals surface area contributed by atoms with Crippen LogP contribution in [0.15, 0.2) is 24.3 Å². The monoisotopic (exact) mass is 306 g/mol. The third-order valence-corrected chi connectivity index (χ3v) is 3.90. The van der Waals surface area contributed by atoms with Crippen LogP contribution in [0.3, 0.4) is 0 Å². The van der Waals surface area contributed by atoms with Gasteiger partial charge in [0.2, 0.25) is 5.91 Å². The summed E-state index contributed by atoms with van der Waals surface area (Å²) >= 11 is 0. The van der Waals surface area contributed by atoms with Gasteiger partial charge < -0.3 is 19.7 Å². The molecule has 0 bridgehead atoms. The van der Waals surface area contributed by atoms with Gasteiger partial charge in [-0.3, -0.25) is 4.79 Å². The van der Waals surface area contributed by atoms with Gasteiger partial charge in [-0.05, 0) is 43.7 Å². The van der Waals surface area contributed by atoms with E-state index in [1.54, 1.807) is 7.11 Å². The molecule has 1 fully saturated rings. The predicted octanol–water partition coefficient (Wildman–Crippen LogP) is 2.06. The highest BCUT2D eigenvalue weighted by atomic mass is 16.5. The Morgan fingerprint density at radius 1 is 1.32 bits per heavy atom. The predicted molar refractivity (Wildman–Crippen MR) is 86.4 cm³/mol. The molecule has 5 nitrogen and oxygen atoms in total. The second-order valence-corrected chi connectivity index (χ2v) is 5.51. The van der Waals surface area contributed by atoms with Crippen LogP contribution >= 0.6 is 0 Å². The summed E-state index contributed by atoms with van der Waals surface area (Å²) < 4.78 is 10.8. The molecule has 1 aliphatic rings. The highest BCUT2D eigenvalue weighted by molar-refractivity contribution is 5.76. The third-order valence-electron chi connectivity index (χ3n) is 3.90. The number of carbonyl (C=O) groups is 1. The summed E-state index contributed by atoms with van der Waals surface area (Å²) in [7, 11) is 1.63. The minimum atomic E-state index is 0.184. The lowest BCUT2D eigenvalue weighted by molar-refractivity contribution is -0.133. The molecule has 1 aromatic rings. The molecule has 22 heavy (non-hydrogen) atoms. The Kier molecular flexibility index (Phi) is 6.52. The first-order valence-corrected chi connectivity index (χ1v) is 8.01. The van der Waals surface area contributed by atoms with E-state index >= 15 is 0 Å². The number of carbonyl (C=O) groups excluding carboxylic acids is 1. The van der Waals surface area contributed by atoms with E-state index in [4.69, 9.17) is 9.47 Å². The summed E-state index contributed by atoms with van der Waals surface area (Å²) in [6, 6.07) is 7.76. The fourth-order valence-corrected chi connectivity index (χ4v) is 2.73. The molecule has 0 radical (unpaired) electrons. The van der Waals surface area contributed by atoms with Crippen LogP contribution in [0.5, 0.6) is 11.5 Å². The minimum Gasteiger partial charge on any atom is -0.497 e. The molecule has 5 heteroatoms. The fourth-order valence-electron chi connectivity index (χ4n) is 2.73. The normalized spacial score (nSPS) is 17.3. The van der Waals surface area contributed by atoms with E-state index in [-0.39, 0.29) is 5.91 Å². The van der Waals surface area contributed by atoms with Crippen LogP contribution in [-0.2, 0) is 4.79 Å². The van der Waals surface area contributed by atoms with Crippen molar-refractivity contribution in [3.63, 3.8) is 0 Å². The molecular weight excluding hydrogens is 280 g/mol. The second-order valence-electron chi connectivity index (χ2n) is 5.51. The molecule has 0 saturated carbocycles. The summed E-state index contributed by atoms with van der Waals surface area (Å²) in [4.78, 5) is 14.4. The Hall–Kier alpha value is -1.75. The van der Waals surface area contributed by atoms with Crippen LogP contribution in [0.2, 0.25) is 0 Å². The Balaban J connectivity index is 1.79. The van der Waals surface area contributed by atoms with Crippen LogP contribution < -0.4 is 14.8 Å². The summed E-state index contributed by atoms with van der Waals surface area (Å²) in [6.45, 7) is 5.25. The number of methoxy groups -OCH3 is 1. The molecule has 1 aromatic carbocycles. The van der Waals surface area contributed by atoms with E-state index in [9.17, 15) is 4.79 Å². The van der Waals surface area contributed by atoms with Crippen molar-refractivity contribution in [2.45, 2.75) is 32.2 Å². The SMILES string of the molecule is CCCN(C(=O)CCOc1ccc(OC)cc1)C1CCNC1. The first kappa shape index (κ1) is 16.6. The summed E-state index contributed by atoms with van der Waals surface area (Å²) in [5, 5.41) is 3.32. The van der Waals surface area contributed by atoms with Gasteiger partial charge in [0.05, 0.1) is 20.1 Å².